The smallest absolute Gasteiger partial charge is 0.206 e. The molecule has 3 rings (SSSR count). The second-order valence-electron chi connectivity index (χ2n) is 7.46. The lowest BCUT2D eigenvalue weighted by atomic mass is 9.96. The molecule has 0 bridgehead atoms. The van der Waals surface area contributed by atoms with Crippen molar-refractivity contribution in [2.24, 2.45) is 0 Å². The van der Waals surface area contributed by atoms with Gasteiger partial charge >= 0.3 is 6.18 Å². The van der Waals surface area contributed by atoms with Crippen LogP contribution in [0.15, 0.2) is 42.5 Å². The Morgan fingerprint density at radius 3 is 2.07 bits per heavy atom. The van der Waals surface area contributed by atoms with Crippen LogP contribution in [0, 0.1) is 17.5 Å². The van der Waals surface area contributed by atoms with Crippen molar-refractivity contribution in [2.75, 3.05) is 0 Å². The van der Waals surface area contributed by atoms with Crippen LogP contribution in [0.4, 0.5) is 26.3 Å². The Kier molecular flexibility index (Phi) is 6.74. The average Bonchev–Trinajstić information content (AvgIpc) is 2.66. The number of fused-ring (bicyclic) bond motifs is 1. The summed E-state index contributed by atoms with van der Waals surface area (Å²) in [6.45, 7) is 2.15. The van der Waals surface area contributed by atoms with Crippen LogP contribution < -0.4 is 0 Å². The fourth-order valence-electron chi connectivity index (χ4n) is 3.65. The molecule has 0 aliphatic heterocycles. The minimum atomic E-state index is -5.17. The van der Waals surface area contributed by atoms with Crippen molar-refractivity contribution in [3.8, 4) is 11.1 Å². The Balaban J connectivity index is 1.90. The molecule has 0 aromatic heterocycles. The highest BCUT2D eigenvalue weighted by Gasteiger charge is 2.38. The summed E-state index contributed by atoms with van der Waals surface area (Å²) in [5.41, 5.74) is -1.34. The average molecular weight is 424 g/mol. The monoisotopic (exact) mass is 424 g/mol. The zero-order valence-electron chi connectivity index (χ0n) is 16.6. The summed E-state index contributed by atoms with van der Waals surface area (Å²) in [6, 6.07) is 9.26. The van der Waals surface area contributed by atoms with Crippen molar-refractivity contribution in [1.29, 1.82) is 0 Å². The van der Waals surface area contributed by atoms with E-state index in [1.54, 1.807) is 12.1 Å². The molecule has 0 saturated carbocycles. The lowest BCUT2D eigenvalue weighted by molar-refractivity contribution is -0.142. The molecule has 0 amide bonds. The van der Waals surface area contributed by atoms with Crippen molar-refractivity contribution < 1.29 is 26.3 Å². The zero-order chi connectivity index (χ0) is 21.9. The molecule has 160 valence electrons. The first kappa shape index (κ1) is 22.2. The van der Waals surface area contributed by atoms with E-state index in [0.717, 1.165) is 24.8 Å². The first-order valence-electron chi connectivity index (χ1n) is 10.00. The lowest BCUT2D eigenvalue weighted by Gasteiger charge is -2.13. The molecule has 30 heavy (non-hydrogen) atoms. The van der Waals surface area contributed by atoms with Crippen LogP contribution in [0.1, 0.15) is 50.2 Å². The molecule has 0 N–H and O–H groups in total. The van der Waals surface area contributed by atoms with E-state index in [1.807, 2.05) is 12.1 Å². The molecule has 3 aromatic rings. The largest absolute Gasteiger partial charge is 0.422 e. The number of halogens is 6. The van der Waals surface area contributed by atoms with Crippen LogP contribution in [-0.4, -0.2) is 0 Å². The van der Waals surface area contributed by atoms with Crippen molar-refractivity contribution in [3.63, 3.8) is 0 Å². The second kappa shape index (κ2) is 9.11. The van der Waals surface area contributed by atoms with Crippen molar-refractivity contribution in [1.82, 2.24) is 0 Å². The van der Waals surface area contributed by atoms with Gasteiger partial charge in [0.2, 0.25) is 0 Å². The molecule has 0 atom stereocenters. The number of hydrogen-bond acceptors (Lipinski definition) is 0. The maximum atomic E-state index is 15.0. The van der Waals surface area contributed by atoms with Gasteiger partial charge in [0.25, 0.3) is 0 Å². The van der Waals surface area contributed by atoms with Gasteiger partial charge in [-0.3, -0.25) is 0 Å². The predicted octanol–water partition coefficient (Wildman–Crippen LogP) is 8.46. The summed E-state index contributed by atoms with van der Waals surface area (Å²) in [4.78, 5) is 0. The normalized spacial score (nSPS) is 12.0. The van der Waals surface area contributed by atoms with E-state index in [-0.39, 0.29) is 16.5 Å². The third-order valence-electron chi connectivity index (χ3n) is 5.22. The Hall–Kier alpha value is -2.50. The van der Waals surface area contributed by atoms with Crippen LogP contribution in [0.2, 0.25) is 0 Å². The van der Waals surface area contributed by atoms with Gasteiger partial charge in [0.05, 0.1) is 0 Å². The number of benzene rings is 3. The molecular formula is C24H22F6. The van der Waals surface area contributed by atoms with Gasteiger partial charge in [-0.1, -0.05) is 62.9 Å². The molecule has 0 heterocycles. The lowest BCUT2D eigenvalue weighted by Crippen LogP contribution is -2.11. The van der Waals surface area contributed by atoms with Gasteiger partial charge < -0.3 is 0 Å². The number of aryl methyl sites for hydroxylation is 1. The van der Waals surface area contributed by atoms with Gasteiger partial charge in [0.15, 0.2) is 0 Å². The van der Waals surface area contributed by atoms with Crippen molar-refractivity contribution >= 4 is 10.8 Å². The van der Waals surface area contributed by atoms with E-state index in [4.69, 9.17) is 0 Å². The molecule has 0 radical (unpaired) electrons. The van der Waals surface area contributed by atoms with Gasteiger partial charge in [-0.2, -0.15) is 13.2 Å². The summed E-state index contributed by atoms with van der Waals surface area (Å²) in [5.74, 6) is -4.26. The summed E-state index contributed by atoms with van der Waals surface area (Å²) in [7, 11) is 0. The molecule has 6 heteroatoms. The Labute approximate surface area is 171 Å². The van der Waals surface area contributed by atoms with E-state index >= 15 is 4.39 Å². The Bertz CT molecular complexity index is 1010. The Morgan fingerprint density at radius 1 is 0.767 bits per heavy atom. The summed E-state index contributed by atoms with van der Waals surface area (Å²) in [6.07, 6.45) is 1.43. The highest BCUT2D eigenvalue weighted by molar-refractivity contribution is 5.88. The Morgan fingerprint density at radius 2 is 1.43 bits per heavy atom. The molecule has 0 unspecified atom stereocenters. The van der Waals surface area contributed by atoms with E-state index in [1.165, 1.54) is 25.3 Å². The third kappa shape index (κ3) is 4.79. The first-order valence-corrected chi connectivity index (χ1v) is 10.00. The molecule has 0 fully saturated rings. The number of alkyl halides is 3. The van der Waals surface area contributed by atoms with E-state index in [2.05, 4.69) is 6.92 Å². The fraction of sp³-hybridized carbons (Fsp3) is 0.333. The molecule has 0 nitrogen and oxygen atoms in total. The number of rotatable bonds is 7. The van der Waals surface area contributed by atoms with Gasteiger partial charge in [-0.05, 0) is 41.5 Å². The topological polar surface area (TPSA) is 0 Å². The second-order valence-corrected chi connectivity index (χ2v) is 7.46. The van der Waals surface area contributed by atoms with E-state index < -0.39 is 29.2 Å². The van der Waals surface area contributed by atoms with E-state index in [9.17, 15) is 22.0 Å². The highest BCUT2D eigenvalue weighted by atomic mass is 19.4. The van der Waals surface area contributed by atoms with Crippen LogP contribution in [0.5, 0.6) is 0 Å². The van der Waals surface area contributed by atoms with Gasteiger partial charge in [0, 0.05) is 10.9 Å². The SMILES string of the molecule is CCCCCCCc1ccc2c(F)c(-c3cc(F)c(C(F)(F)F)c(F)c3)ccc2c1. The zero-order valence-corrected chi connectivity index (χ0v) is 16.6. The molecule has 0 spiro atoms. The summed E-state index contributed by atoms with van der Waals surface area (Å²) < 4.78 is 81.1. The molecule has 0 aliphatic carbocycles. The fourth-order valence-corrected chi connectivity index (χ4v) is 3.65. The molecule has 3 aromatic carbocycles. The number of hydrogen-bond donors (Lipinski definition) is 0. The third-order valence-corrected chi connectivity index (χ3v) is 5.22. The maximum Gasteiger partial charge on any atom is 0.422 e. The molecule has 0 aliphatic rings. The van der Waals surface area contributed by atoms with Crippen LogP contribution >= 0.6 is 0 Å². The van der Waals surface area contributed by atoms with Crippen LogP contribution in [0.3, 0.4) is 0 Å². The number of unbranched alkanes of at least 4 members (excludes halogenated alkanes) is 4. The standard InChI is InChI=1S/C24H22F6/c1-2-3-4-5-6-7-15-8-10-18-16(12-15)9-11-19(23(18)27)17-13-20(25)22(21(26)14-17)24(28,29)30/h8-14H,2-7H2,1H3. The first-order chi connectivity index (χ1) is 14.2. The molecular weight excluding hydrogens is 402 g/mol. The minimum Gasteiger partial charge on any atom is -0.206 e. The maximum absolute atomic E-state index is 15.0. The van der Waals surface area contributed by atoms with E-state index in [0.29, 0.717) is 17.5 Å². The minimum absolute atomic E-state index is 0.152. The van der Waals surface area contributed by atoms with Crippen LogP contribution in [0.25, 0.3) is 21.9 Å². The van der Waals surface area contributed by atoms with Gasteiger partial charge in [-0.15, -0.1) is 0 Å². The van der Waals surface area contributed by atoms with Crippen molar-refractivity contribution in [3.05, 3.63) is 71.0 Å². The quantitative estimate of drug-likeness (QED) is 0.264. The summed E-state index contributed by atoms with van der Waals surface area (Å²) >= 11 is 0. The van der Waals surface area contributed by atoms with Gasteiger partial charge in [0.1, 0.15) is 23.0 Å². The highest BCUT2D eigenvalue weighted by Crippen LogP contribution is 2.37. The predicted molar refractivity (Wildman–Crippen MR) is 107 cm³/mol. The molecule has 0 saturated heterocycles. The van der Waals surface area contributed by atoms with Crippen molar-refractivity contribution in [2.45, 2.75) is 51.6 Å². The summed E-state index contributed by atoms with van der Waals surface area (Å²) in [5, 5.41) is 0.887. The van der Waals surface area contributed by atoms with Crippen LogP contribution in [-0.2, 0) is 12.6 Å². The van der Waals surface area contributed by atoms with Gasteiger partial charge in [-0.25, -0.2) is 13.2 Å².